The average Bonchev–Trinajstić information content (AvgIpc) is 2.38. The Kier molecular flexibility index (Phi) is 12.9. The summed E-state index contributed by atoms with van der Waals surface area (Å²) in [4.78, 5) is 9.27. The van der Waals surface area contributed by atoms with Crippen LogP contribution in [0.1, 0.15) is 0 Å². The molecular weight excluding hydrogens is 279 g/mol. The summed E-state index contributed by atoms with van der Waals surface area (Å²) < 4.78 is 40.4. The fourth-order valence-electron chi connectivity index (χ4n) is 0.949. The van der Waals surface area contributed by atoms with Crippen molar-refractivity contribution in [2.75, 3.05) is 67.1 Å². The van der Waals surface area contributed by atoms with Gasteiger partial charge < -0.3 is 23.8 Å². The van der Waals surface area contributed by atoms with Crippen molar-refractivity contribution < 1.29 is 37.5 Å². The maximum atomic E-state index is 11.3. The average molecular weight is 302 g/mol. The van der Waals surface area contributed by atoms with E-state index in [1.54, 1.807) is 14.2 Å². The molecule has 0 aliphatic rings. The lowest BCUT2D eigenvalue weighted by Crippen LogP contribution is -2.10. The number of ether oxygens (including phenoxy) is 4. The van der Waals surface area contributed by atoms with Gasteiger partial charge in [0.05, 0.1) is 52.9 Å². The second-order valence-electron chi connectivity index (χ2n) is 3.35. The molecule has 9 heteroatoms. The molecule has 0 atom stereocenters. The lowest BCUT2D eigenvalue weighted by molar-refractivity contribution is 0.0319. The highest BCUT2D eigenvalue weighted by Crippen LogP contribution is 2.42. The predicted molar refractivity (Wildman–Crippen MR) is 67.1 cm³/mol. The smallest absolute Gasteiger partial charge is 0.382 e. The quantitative estimate of drug-likeness (QED) is 0.365. The summed E-state index contributed by atoms with van der Waals surface area (Å²) in [6.45, 7) is 2.08. The highest BCUT2D eigenvalue weighted by Gasteiger charge is 2.20. The van der Waals surface area contributed by atoms with Crippen molar-refractivity contribution in [3.8, 4) is 0 Å². The van der Waals surface area contributed by atoms with Gasteiger partial charge in [-0.25, -0.2) is 4.57 Å². The number of phosphoric ester groups is 1. The Morgan fingerprint density at radius 1 is 0.737 bits per heavy atom. The molecule has 8 nitrogen and oxygen atoms in total. The Morgan fingerprint density at radius 3 is 1.47 bits per heavy atom. The SMILES string of the molecule is COCCOCCOP(=O)(O)OCCOCCOC. The van der Waals surface area contributed by atoms with Crippen LogP contribution < -0.4 is 0 Å². The molecule has 0 rings (SSSR count). The minimum Gasteiger partial charge on any atom is -0.382 e. The fraction of sp³-hybridized carbons (Fsp3) is 1.00. The van der Waals surface area contributed by atoms with Crippen LogP contribution >= 0.6 is 7.82 Å². The standard InChI is InChI=1S/C10H23O8P/c1-13-3-5-15-7-9-17-19(11,12)18-10-8-16-6-4-14-2/h3-10H2,1-2H3,(H,11,12). The number of rotatable bonds is 14. The van der Waals surface area contributed by atoms with Crippen LogP contribution in [0.2, 0.25) is 0 Å². The molecule has 1 N–H and O–H groups in total. The van der Waals surface area contributed by atoms with E-state index in [4.69, 9.17) is 18.9 Å². The summed E-state index contributed by atoms with van der Waals surface area (Å²) in [5.74, 6) is 0. The number of methoxy groups -OCH3 is 2. The Balaban J connectivity index is 3.39. The third kappa shape index (κ3) is 14.2. The molecular formula is C10H23O8P. The molecule has 0 fully saturated rings. The summed E-state index contributed by atoms with van der Waals surface area (Å²) in [7, 11) is -0.906. The zero-order valence-corrected chi connectivity index (χ0v) is 12.3. The maximum Gasteiger partial charge on any atom is 0.472 e. The molecule has 116 valence electrons. The molecule has 0 spiro atoms. The molecule has 0 saturated heterocycles. The van der Waals surface area contributed by atoms with Crippen LogP contribution in [0, 0.1) is 0 Å². The first kappa shape index (κ1) is 18.9. The van der Waals surface area contributed by atoms with Gasteiger partial charge in [-0.15, -0.1) is 0 Å². The lowest BCUT2D eigenvalue weighted by atomic mass is 10.7. The number of phosphoric acid groups is 1. The molecule has 0 aliphatic heterocycles. The number of hydrogen-bond acceptors (Lipinski definition) is 7. The Labute approximate surface area is 113 Å². The van der Waals surface area contributed by atoms with Crippen molar-refractivity contribution in [2.24, 2.45) is 0 Å². The molecule has 0 unspecified atom stereocenters. The molecule has 0 radical (unpaired) electrons. The zero-order chi connectivity index (χ0) is 14.4. The van der Waals surface area contributed by atoms with Gasteiger partial charge in [-0.3, -0.25) is 9.05 Å². The maximum absolute atomic E-state index is 11.3. The van der Waals surface area contributed by atoms with E-state index >= 15 is 0 Å². The van der Waals surface area contributed by atoms with Crippen LogP contribution in [0.15, 0.2) is 0 Å². The van der Waals surface area contributed by atoms with Gasteiger partial charge >= 0.3 is 7.82 Å². The fourth-order valence-corrected chi connectivity index (χ4v) is 1.63. The van der Waals surface area contributed by atoms with Crippen LogP contribution in [0.5, 0.6) is 0 Å². The van der Waals surface area contributed by atoms with Gasteiger partial charge in [-0.2, -0.15) is 0 Å². The van der Waals surface area contributed by atoms with Crippen molar-refractivity contribution in [2.45, 2.75) is 0 Å². The van der Waals surface area contributed by atoms with Crippen LogP contribution in [-0.4, -0.2) is 72.0 Å². The van der Waals surface area contributed by atoms with E-state index in [1.165, 1.54) is 0 Å². The second kappa shape index (κ2) is 13.0. The zero-order valence-electron chi connectivity index (χ0n) is 11.4. The van der Waals surface area contributed by atoms with E-state index in [9.17, 15) is 9.46 Å². The van der Waals surface area contributed by atoms with Gasteiger partial charge in [0.25, 0.3) is 0 Å². The van der Waals surface area contributed by atoms with Gasteiger partial charge in [-0.05, 0) is 0 Å². The van der Waals surface area contributed by atoms with E-state index in [-0.39, 0.29) is 26.4 Å². The van der Waals surface area contributed by atoms with E-state index in [0.717, 1.165) is 0 Å². The molecule has 0 saturated carbocycles. The number of hydrogen-bond donors (Lipinski definition) is 1. The molecule has 0 heterocycles. The molecule has 0 aromatic heterocycles. The summed E-state index contributed by atoms with van der Waals surface area (Å²) in [6, 6.07) is 0. The third-order valence-electron chi connectivity index (χ3n) is 1.83. The highest BCUT2D eigenvalue weighted by molar-refractivity contribution is 7.47. The van der Waals surface area contributed by atoms with Crippen molar-refractivity contribution in [1.82, 2.24) is 0 Å². The van der Waals surface area contributed by atoms with E-state index in [2.05, 4.69) is 9.05 Å². The van der Waals surface area contributed by atoms with E-state index in [0.29, 0.717) is 26.4 Å². The third-order valence-corrected chi connectivity index (χ3v) is 2.85. The molecule has 0 aliphatic carbocycles. The van der Waals surface area contributed by atoms with Crippen molar-refractivity contribution in [1.29, 1.82) is 0 Å². The van der Waals surface area contributed by atoms with E-state index < -0.39 is 7.82 Å². The monoisotopic (exact) mass is 302 g/mol. The topological polar surface area (TPSA) is 92.7 Å². The summed E-state index contributed by atoms with van der Waals surface area (Å²) in [5, 5.41) is 0. The normalized spacial score (nSPS) is 11.9. The predicted octanol–water partition coefficient (Wildman–Crippen LogP) is 0.446. The summed E-state index contributed by atoms with van der Waals surface area (Å²) in [6.07, 6.45) is 0. The van der Waals surface area contributed by atoms with Crippen molar-refractivity contribution in [3.63, 3.8) is 0 Å². The Morgan fingerprint density at radius 2 is 1.11 bits per heavy atom. The molecule has 0 bridgehead atoms. The van der Waals surface area contributed by atoms with Gasteiger partial charge in [0.2, 0.25) is 0 Å². The van der Waals surface area contributed by atoms with Crippen LogP contribution in [0.4, 0.5) is 0 Å². The Bertz CT molecular complexity index is 218. The first-order chi connectivity index (χ1) is 9.12. The first-order valence-corrected chi connectivity index (χ1v) is 7.37. The Hall–Kier alpha value is -0.0500. The lowest BCUT2D eigenvalue weighted by Gasteiger charge is -2.12. The van der Waals surface area contributed by atoms with Crippen molar-refractivity contribution >= 4 is 7.82 Å². The molecule has 19 heavy (non-hydrogen) atoms. The first-order valence-electron chi connectivity index (χ1n) is 5.87. The van der Waals surface area contributed by atoms with Gasteiger partial charge in [0.15, 0.2) is 0 Å². The van der Waals surface area contributed by atoms with Crippen LogP contribution in [0.3, 0.4) is 0 Å². The largest absolute Gasteiger partial charge is 0.472 e. The van der Waals surface area contributed by atoms with Gasteiger partial charge in [0.1, 0.15) is 0 Å². The highest BCUT2D eigenvalue weighted by atomic mass is 31.2. The van der Waals surface area contributed by atoms with Gasteiger partial charge in [-0.1, -0.05) is 0 Å². The molecule has 0 amide bonds. The summed E-state index contributed by atoms with van der Waals surface area (Å²) >= 11 is 0. The minimum absolute atomic E-state index is 0.0258. The van der Waals surface area contributed by atoms with Crippen LogP contribution in [-0.2, 0) is 32.6 Å². The van der Waals surface area contributed by atoms with Crippen molar-refractivity contribution in [3.05, 3.63) is 0 Å². The second-order valence-corrected chi connectivity index (χ2v) is 4.80. The molecule has 0 aromatic rings. The summed E-state index contributed by atoms with van der Waals surface area (Å²) in [5.41, 5.74) is 0. The van der Waals surface area contributed by atoms with Crippen LogP contribution in [0.25, 0.3) is 0 Å². The van der Waals surface area contributed by atoms with Gasteiger partial charge in [0, 0.05) is 14.2 Å². The minimum atomic E-state index is -4.03. The molecule has 0 aromatic carbocycles. The van der Waals surface area contributed by atoms with E-state index in [1.807, 2.05) is 0 Å².